The Hall–Kier alpha value is -4.45. The number of carbonyl (C=O) groups is 1. The number of ether oxygens (including phenoxy) is 1. The Bertz CT molecular complexity index is 1400. The van der Waals surface area contributed by atoms with Gasteiger partial charge in [0.25, 0.3) is 0 Å². The van der Waals surface area contributed by atoms with E-state index in [1.165, 1.54) is 24.3 Å². The average Bonchev–Trinajstić information content (AvgIpc) is 3.23. The highest BCUT2D eigenvalue weighted by Gasteiger charge is 2.15. The summed E-state index contributed by atoms with van der Waals surface area (Å²) in [7, 11) is 0. The van der Waals surface area contributed by atoms with Gasteiger partial charge in [0.05, 0.1) is 5.56 Å². The van der Waals surface area contributed by atoms with Crippen LogP contribution in [0.2, 0.25) is 0 Å². The van der Waals surface area contributed by atoms with Gasteiger partial charge in [0, 0.05) is 18.3 Å². The van der Waals surface area contributed by atoms with Gasteiger partial charge in [0.1, 0.15) is 28.7 Å². The number of fused-ring (bicyclic) bond motifs is 1. The molecule has 0 aliphatic heterocycles. The molecule has 0 aliphatic rings. The Balaban J connectivity index is 1.40. The molecule has 0 saturated carbocycles. The highest BCUT2D eigenvalue weighted by atomic mass is 19.1. The fourth-order valence-corrected chi connectivity index (χ4v) is 3.58. The van der Waals surface area contributed by atoms with Crippen LogP contribution >= 0.6 is 0 Å². The van der Waals surface area contributed by atoms with Crippen molar-refractivity contribution in [2.45, 2.75) is 6.54 Å². The molecule has 2 aromatic heterocycles. The first-order valence-corrected chi connectivity index (χ1v) is 10.5. The third-order valence-corrected chi connectivity index (χ3v) is 5.25. The lowest BCUT2D eigenvalue weighted by atomic mass is 10.1. The number of benzene rings is 3. The number of esters is 1. The van der Waals surface area contributed by atoms with Crippen molar-refractivity contribution < 1.29 is 13.9 Å². The number of hydrogen-bond acceptors (Lipinski definition) is 4. The molecule has 162 valence electrons. The van der Waals surface area contributed by atoms with E-state index in [1.54, 1.807) is 12.1 Å². The summed E-state index contributed by atoms with van der Waals surface area (Å²) in [4.78, 5) is 17.1. The zero-order chi connectivity index (χ0) is 22.6. The Morgan fingerprint density at radius 2 is 1.61 bits per heavy atom. The number of carbonyl (C=O) groups excluding carboxylic acids is 1. The van der Waals surface area contributed by atoms with E-state index >= 15 is 0 Å². The summed E-state index contributed by atoms with van der Waals surface area (Å²) in [6.45, 7) is 0.657. The summed E-state index contributed by atoms with van der Waals surface area (Å²) in [6, 6.07) is 28.5. The number of pyridine rings is 1. The number of imidazole rings is 1. The van der Waals surface area contributed by atoms with Gasteiger partial charge in [-0.1, -0.05) is 36.4 Å². The van der Waals surface area contributed by atoms with Gasteiger partial charge in [-0.25, -0.2) is 14.2 Å². The number of halogens is 1. The van der Waals surface area contributed by atoms with E-state index in [0.29, 0.717) is 12.3 Å². The van der Waals surface area contributed by atoms with Crippen LogP contribution in [0.4, 0.5) is 10.2 Å². The van der Waals surface area contributed by atoms with Gasteiger partial charge in [-0.15, -0.1) is 0 Å². The van der Waals surface area contributed by atoms with Gasteiger partial charge >= 0.3 is 5.97 Å². The van der Waals surface area contributed by atoms with Crippen LogP contribution in [-0.4, -0.2) is 15.4 Å². The molecule has 0 saturated heterocycles. The predicted molar refractivity (Wildman–Crippen MR) is 126 cm³/mol. The fourth-order valence-electron chi connectivity index (χ4n) is 3.58. The smallest absolute Gasteiger partial charge is 0.343 e. The van der Waals surface area contributed by atoms with E-state index in [-0.39, 0.29) is 5.56 Å². The second-order valence-electron chi connectivity index (χ2n) is 7.50. The summed E-state index contributed by atoms with van der Waals surface area (Å²) >= 11 is 0. The molecule has 6 heteroatoms. The molecule has 3 aromatic carbocycles. The minimum absolute atomic E-state index is 0.285. The van der Waals surface area contributed by atoms with Crippen LogP contribution in [-0.2, 0) is 6.54 Å². The van der Waals surface area contributed by atoms with Crippen molar-refractivity contribution in [3.8, 4) is 17.0 Å². The molecule has 0 bridgehead atoms. The third-order valence-electron chi connectivity index (χ3n) is 5.25. The minimum Gasteiger partial charge on any atom is -0.423 e. The van der Waals surface area contributed by atoms with Gasteiger partial charge in [-0.3, -0.25) is 4.40 Å². The molecule has 0 atom stereocenters. The number of rotatable bonds is 6. The largest absolute Gasteiger partial charge is 0.423 e. The van der Waals surface area contributed by atoms with Crippen LogP contribution in [0.3, 0.4) is 0 Å². The molecule has 0 amide bonds. The SMILES string of the molecule is O=C(Oc1ccc(-c2nc3ccccn3c2NCc2ccccc2)cc1)c1ccc(F)cc1. The lowest BCUT2D eigenvalue weighted by molar-refractivity contribution is 0.0734. The van der Waals surface area contributed by atoms with Crippen molar-refractivity contribution in [1.82, 2.24) is 9.38 Å². The molecule has 0 fully saturated rings. The molecule has 1 N–H and O–H groups in total. The molecule has 33 heavy (non-hydrogen) atoms. The van der Waals surface area contributed by atoms with Crippen LogP contribution in [0.25, 0.3) is 16.9 Å². The molecule has 5 rings (SSSR count). The van der Waals surface area contributed by atoms with Crippen LogP contribution in [0.1, 0.15) is 15.9 Å². The predicted octanol–water partition coefficient (Wildman–Crippen LogP) is 5.97. The summed E-state index contributed by atoms with van der Waals surface area (Å²) in [5.41, 5.74) is 3.96. The van der Waals surface area contributed by atoms with Gasteiger partial charge in [0.2, 0.25) is 0 Å². The first-order valence-electron chi connectivity index (χ1n) is 10.5. The van der Waals surface area contributed by atoms with Crippen LogP contribution in [0, 0.1) is 5.82 Å². The third kappa shape index (κ3) is 4.45. The maximum atomic E-state index is 13.1. The highest BCUT2D eigenvalue weighted by Crippen LogP contribution is 2.30. The summed E-state index contributed by atoms with van der Waals surface area (Å²) in [5.74, 6) is 0.335. The van der Waals surface area contributed by atoms with Gasteiger partial charge in [-0.05, 0) is 66.2 Å². The molecule has 0 radical (unpaired) electrons. The topological polar surface area (TPSA) is 55.6 Å². The maximum Gasteiger partial charge on any atom is 0.343 e. The zero-order valence-electron chi connectivity index (χ0n) is 17.6. The van der Waals surface area contributed by atoms with Crippen LogP contribution < -0.4 is 10.1 Å². The Morgan fingerprint density at radius 1 is 0.879 bits per heavy atom. The fraction of sp³-hybridized carbons (Fsp3) is 0.0370. The lowest BCUT2D eigenvalue weighted by Gasteiger charge is -2.10. The molecular formula is C27H20FN3O2. The van der Waals surface area contributed by atoms with Crippen molar-refractivity contribution in [2.75, 3.05) is 5.32 Å². The van der Waals surface area contributed by atoms with Crippen molar-refractivity contribution in [3.05, 3.63) is 120 Å². The monoisotopic (exact) mass is 437 g/mol. The highest BCUT2D eigenvalue weighted by molar-refractivity contribution is 5.91. The second kappa shape index (κ2) is 8.96. The van der Waals surface area contributed by atoms with E-state index in [0.717, 1.165) is 28.3 Å². The number of hydrogen-bond donors (Lipinski definition) is 1. The van der Waals surface area contributed by atoms with Gasteiger partial charge in [-0.2, -0.15) is 0 Å². The van der Waals surface area contributed by atoms with E-state index in [2.05, 4.69) is 17.4 Å². The first-order chi connectivity index (χ1) is 16.2. The van der Waals surface area contributed by atoms with E-state index in [4.69, 9.17) is 9.72 Å². The zero-order valence-corrected chi connectivity index (χ0v) is 17.6. The second-order valence-corrected chi connectivity index (χ2v) is 7.50. The molecule has 5 aromatic rings. The Kier molecular flexibility index (Phi) is 5.55. The summed E-state index contributed by atoms with van der Waals surface area (Å²) in [5, 5.41) is 3.51. The molecule has 2 heterocycles. The molecule has 0 aliphatic carbocycles. The van der Waals surface area contributed by atoms with Crippen molar-refractivity contribution in [3.63, 3.8) is 0 Å². The van der Waals surface area contributed by atoms with Crippen molar-refractivity contribution in [1.29, 1.82) is 0 Å². The summed E-state index contributed by atoms with van der Waals surface area (Å²) < 4.78 is 20.5. The Labute approximate surface area is 190 Å². The van der Waals surface area contributed by atoms with Crippen molar-refractivity contribution >= 4 is 17.4 Å². The molecular weight excluding hydrogens is 417 g/mol. The number of anilines is 1. The van der Waals surface area contributed by atoms with Crippen LogP contribution in [0.5, 0.6) is 5.75 Å². The molecule has 0 unspecified atom stereocenters. The number of nitrogens with zero attached hydrogens (tertiary/aromatic N) is 2. The maximum absolute atomic E-state index is 13.1. The molecule has 5 nitrogen and oxygen atoms in total. The minimum atomic E-state index is -0.541. The van der Waals surface area contributed by atoms with E-state index in [9.17, 15) is 9.18 Å². The average molecular weight is 437 g/mol. The Morgan fingerprint density at radius 3 is 2.36 bits per heavy atom. The van der Waals surface area contributed by atoms with E-state index < -0.39 is 11.8 Å². The van der Waals surface area contributed by atoms with Gasteiger partial charge in [0.15, 0.2) is 0 Å². The van der Waals surface area contributed by atoms with Gasteiger partial charge < -0.3 is 10.1 Å². The number of aromatic nitrogens is 2. The summed E-state index contributed by atoms with van der Waals surface area (Å²) in [6.07, 6.45) is 1.97. The lowest BCUT2D eigenvalue weighted by Crippen LogP contribution is -2.08. The molecule has 0 spiro atoms. The van der Waals surface area contributed by atoms with Crippen molar-refractivity contribution in [2.24, 2.45) is 0 Å². The number of nitrogens with one attached hydrogen (secondary N) is 1. The van der Waals surface area contributed by atoms with E-state index in [1.807, 2.05) is 59.1 Å². The standard InChI is InChI=1S/C27H20FN3O2/c28-22-13-9-21(10-14-22)27(32)33-23-15-11-20(12-16-23)25-26(29-18-19-6-2-1-3-7-19)31-17-5-4-8-24(31)30-25/h1-17,29H,18H2. The first kappa shape index (κ1) is 20.5. The quantitative estimate of drug-likeness (QED) is 0.263. The normalized spacial score (nSPS) is 10.8. The van der Waals surface area contributed by atoms with Crippen LogP contribution in [0.15, 0.2) is 103 Å².